The van der Waals surface area contributed by atoms with Gasteiger partial charge in [-0.05, 0) is 49.9 Å². The van der Waals surface area contributed by atoms with E-state index in [9.17, 15) is 40.9 Å². The van der Waals surface area contributed by atoms with E-state index in [0.717, 1.165) is 103 Å². The summed E-state index contributed by atoms with van der Waals surface area (Å²) in [6.07, 6.45) is 60.1. The zero-order valence-electron chi connectivity index (χ0n) is 73.9. The number of benzene rings is 4. The third kappa shape index (κ3) is 32.3. The van der Waals surface area contributed by atoms with Crippen LogP contribution in [0.1, 0.15) is 401 Å². The average molecular weight is 1600 g/mol. The maximum Gasteiger partial charge on any atom is 0.127 e. The summed E-state index contributed by atoms with van der Waals surface area (Å²) in [6, 6.07) is 7.89. The second kappa shape index (κ2) is 58.8. The second-order valence-corrected chi connectivity index (χ2v) is 34.1. The van der Waals surface area contributed by atoms with E-state index in [1.54, 1.807) is 0 Å². The molecule has 4 aromatic carbocycles. The van der Waals surface area contributed by atoms with Crippen LogP contribution in [0.15, 0.2) is 126 Å². The lowest BCUT2D eigenvalue weighted by molar-refractivity contribution is 0.308. The fraction of sp³-hybridized carbons (Fsp3) is 0.615. The van der Waals surface area contributed by atoms with Crippen LogP contribution in [0.25, 0.3) is 0 Å². The highest BCUT2D eigenvalue weighted by atomic mass is 16.3. The summed E-state index contributed by atoms with van der Waals surface area (Å²) in [7, 11) is 0. The lowest BCUT2D eigenvalue weighted by atomic mass is 9.74. The van der Waals surface area contributed by atoms with Gasteiger partial charge in [-0.25, -0.2) is 0 Å². The zero-order chi connectivity index (χ0) is 84.2. The molecule has 0 atom stereocenters. The lowest BCUT2D eigenvalue weighted by Gasteiger charge is -2.33. The molecular formula is C104H164N4O8. The van der Waals surface area contributed by atoms with Crippen molar-refractivity contribution in [2.45, 2.75) is 360 Å². The summed E-state index contributed by atoms with van der Waals surface area (Å²) in [5, 5.41) is 111. The molecule has 0 radical (unpaired) electrons. The summed E-state index contributed by atoms with van der Waals surface area (Å²) in [4.78, 5) is 8.33. The van der Waals surface area contributed by atoms with E-state index in [2.05, 4.69) is 99.9 Å². The van der Waals surface area contributed by atoms with Crippen molar-refractivity contribution in [3.8, 4) is 46.0 Å². The molecule has 1 aliphatic rings. The Bertz CT molecular complexity index is 2910. The molecule has 0 amide bonds. The van der Waals surface area contributed by atoms with E-state index >= 15 is 0 Å². The topological polar surface area (TPSA) is 175 Å². The van der Waals surface area contributed by atoms with E-state index in [0.29, 0.717) is 170 Å². The molecule has 4 aromatic rings. The number of phenols is 8. The predicted molar refractivity (Wildman–Crippen MR) is 495 cm³/mol. The number of hydrogen-bond acceptors (Lipinski definition) is 12. The molecule has 1 aliphatic carbocycles. The highest BCUT2D eigenvalue weighted by Crippen LogP contribution is 2.57. The van der Waals surface area contributed by atoms with E-state index in [1.165, 1.54) is 128 Å². The summed E-state index contributed by atoms with van der Waals surface area (Å²) < 4.78 is 0. The van der Waals surface area contributed by atoms with Gasteiger partial charge in [0.1, 0.15) is 46.0 Å². The van der Waals surface area contributed by atoms with E-state index in [1.807, 2.05) is 72.9 Å². The van der Waals surface area contributed by atoms with E-state index in [-0.39, 0.29) is 72.2 Å². The van der Waals surface area contributed by atoms with Crippen LogP contribution in [-0.2, 0) is 26.2 Å². The van der Waals surface area contributed by atoms with Gasteiger partial charge in [0.15, 0.2) is 0 Å². The number of fused-ring (bicyclic) bond motifs is 8. The van der Waals surface area contributed by atoms with Crippen molar-refractivity contribution in [1.29, 1.82) is 0 Å². The third-order valence-corrected chi connectivity index (χ3v) is 24.7. The Balaban J connectivity index is 2.16. The Hall–Kier alpha value is -6.96. The molecule has 5 rings (SSSR count). The molecule has 0 saturated heterocycles. The maximum absolute atomic E-state index is 13.9. The fourth-order valence-electron chi connectivity index (χ4n) is 18.2. The van der Waals surface area contributed by atoms with E-state index < -0.39 is 23.7 Å². The number of hydrogen-bond donors (Lipinski definition) is 8. The van der Waals surface area contributed by atoms with Gasteiger partial charge in [-0.15, -0.1) is 52.6 Å². The fourth-order valence-corrected chi connectivity index (χ4v) is 18.2. The molecule has 0 heterocycles. The van der Waals surface area contributed by atoms with Gasteiger partial charge in [-0.1, -0.05) is 333 Å². The summed E-state index contributed by atoms with van der Waals surface area (Å²) in [6.45, 7) is 46.0. The Kier molecular flexibility index (Phi) is 50.5. The Labute approximate surface area is 707 Å². The molecule has 0 unspecified atom stereocenters. The third-order valence-electron chi connectivity index (χ3n) is 24.7. The van der Waals surface area contributed by atoms with Crippen molar-refractivity contribution in [2.24, 2.45) is 0 Å². The van der Waals surface area contributed by atoms with Crippen molar-refractivity contribution in [3.05, 3.63) is 192 Å². The molecule has 116 heavy (non-hydrogen) atoms. The standard InChI is InChI=1S/C104H164N4O8/c1-13-25-29-33-37-41-45-49-53-57-61-81-85-73-87(99(111)93(97(85)109)77-105(65-17-5)66-18-6)82(62-58-54-50-46-42-38-34-30-26-14-2)89-75-91(103(115)95(101(89)113)79-107(69-21-9)70-22-10)84(64-60-56-52-48-44-40-36-32-28-16-4)92-76-90(102(114)96(104(92)116)80-108(71-23-11)72-24-12)83(63-59-55-51-47-43-39-35-31-27-15-3)88-74-86(81)98(110)94(100(88)112)78-106(67-19-7)68-20-8/h17-24,73-76,81-84,109-116H,5-16,25-72,77-80H2,1-4H3. The normalized spacial score (nSPS) is 14.8. The van der Waals surface area contributed by atoms with Crippen molar-refractivity contribution in [2.75, 3.05) is 52.4 Å². The van der Waals surface area contributed by atoms with Crippen molar-refractivity contribution >= 4 is 0 Å². The van der Waals surface area contributed by atoms with Crippen LogP contribution in [0.2, 0.25) is 0 Å². The van der Waals surface area contributed by atoms with Crippen molar-refractivity contribution < 1.29 is 40.9 Å². The number of phenolic OH excluding ortho intramolecular Hbond substituents is 8. The summed E-state index contributed by atoms with van der Waals surface area (Å²) >= 11 is 0. The Morgan fingerprint density at radius 1 is 0.207 bits per heavy atom. The Morgan fingerprint density at radius 3 is 0.448 bits per heavy atom. The number of unbranched alkanes of at least 4 members (excludes halogenated alkanes) is 36. The van der Waals surface area contributed by atoms with Crippen molar-refractivity contribution in [3.63, 3.8) is 0 Å². The average Bonchev–Trinajstić information content (AvgIpc) is 0.736. The molecule has 8 bridgehead atoms. The van der Waals surface area contributed by atoms with Crippen LogP contribution in [0.4, 0.5) is 0 Å². The van der Waals surface area contributed by atoms with E-state index in [4.69, 9.17) is 0 Å². The van der Waals surface area contributed by atoms with Gasteiger partial charge in [-0.3, -0.25) is 19.6 Å². The van der Waals surface area contributed by atoms with Gasteiger partial charge < -0.3 is 40.9 Å². The van der Waals surface area contributed by atoms with Crippen LogP contribution >= 0.6 is 0 Å². The van der Waals surface area contributed by atoms with Crippen LogP contribution in [-0.4, -0.2) is 113 Å². The second-order valence-electron chi connectivity index (χ2n) is 34.1. The SMILES string of the molecule is C=CCN(CC=C)Cc1c(O)c2cc(c1O)C(CCCCCCCCCCCC)c1cc(c(O)c(CN(CC=C)CC=C)c1O)C(CCCCCCCCCCCC)c1cc(c(O)c(CN(CC=C)CC=C)c1O)C(CCCCCCCCCCCC)c1cc(c(O)c(CN(CC=C)CC=C)c1O)C2CCCCCCCCCCCC. The molecule has 12 nitrogen and oxygen atoms in total. The first-order valence-corrected chi connectivity index (χ1v) is 46.6. The molecule has 0 fully saturated rings. The molecule has 0 spiro atoms. The molecule has 0 saturated carbocycles. The first-order chi connectivity index (χ1) is 56.5. The van der Waals surface area contributed by atoms with Gasteiger partial charge in [0.25, 0.3) is 0 Å². The predicted octanol–water partition coefficient (Wildman–Crippen LogP) is 28.1. The highest BCUT2D eigenvalue weighted by Gasteiger charge is 2.38. The van der Waals surface area contributed by atoms with Crippen LogP contribution in [0.5, 0.6) is 46.0 Å². The van der Waals surface area contributed by atoms with Crippen LogP contribution in [0.3, 0.4) is 0 Å². The molecule has 648 valence electrons. The molecule has 0 aliphatic heterocycles. The first-order valence-electron chi connectivity index (χ1n) is 46.6. The quantitative estimate of drug-likeness (QED) is 0.0155. The minimum atomic E-state index is -0.758. The summed E-state index contributed by atoms with van der Waals surface area (Å²) in [5.74, 6) is -3.89. The number of nitrogens with zero attached hydrogens (tertiary/aromatic N) is 4. The molecule has 8 N–H and O–H groups in total. The monoisotopic (exact) mass is 1600 g/mol. The minimum Gasteiger partial charge on any atom is -0.507 e. The molecular weight excluding hydrogens is 1430 g/mol. The van der Waals surface area contributed by atoms with Gasteiger partial charge in [0.2, 0.25) is 0 Å². The first kappa shape index (κ1) is 99.6. The maximum atomic E-state index is 13.9. The van der Waals surface area contributed by atoms with Crippen LogP contribution in [0, 0.1) is 0 Å². The summed E-state index contributed by atoms with van der Waals surface area (Å²) in [5.41, 5.74) is 5.19. The smallest absolute Gasteiger partial charge is 0.127 e. The zero-order valence-corrected chi connectivity index (χ0v) is 73.9. The molecule has 12 heteroatoms. The number of rotatable bonds is 68. The molecule has 0 aromatic heterocycles. The largest absolute Gasteiger partial charge is 0.507 e. The lowest BCUT2D eigenvalue weighted by Crippen LogP contribution is -2.25. The highest BCUT2D eigenvalue weighted by molar-refractivity contribution is 5.68. The van der Waals surface area contributed by atoms with Gasteiger partial charge in [0, 0.05) is 147 Å². The number of aromatic hydroxyl groups is 8. The van der Waals surface area contributed by atoms with Gasteiger partial charge in [-0.2, -0.15) is 0 Å². The van der Waals surface area contributed by atoms with Gasteiger partial charge in [0.05, 0.1) is 22.3 Å². The van der Waals surface area contributed by atoms with Crippen LogP contribution < -0.4 is 0 Å². The van der Waals surface area contributed by atoms with Gasteiger partial charge >= 0.3 is 0 Å². The Morgan fingerprint density at radius 2 is 0.328 bits per heavy atom. The minimum absolute atomic E-state index is 0.0904. The van der Waals surface area contributed by atoms with Crippen molar-refractivity contribution in [1.82, 2.24) is 19.6 Å².